The zero-order chi connectivity index (χ0) is 30.6. The number of rotatable bonds is 15. The summed E-state index contributed by atoms with van der Waals surface area (Å²) < 4.78 is 21.3. The molecule has 1 aromatic heterocycles. The van der Waals surface area contributed by atoms with Crippen molar-refractivity contribution in [3.8, 4) is 0 Å². The van der Waals surface area contributed by atoms with Gasteiger partial charge in [0, 0.05) is 27.6 Å². The molecule has 0 aliphatic carbocycles. The summed E-state index contributed by atoms with van der Waals surface area (Å²) in [5.41, 5.74) is 2.98. The van der Waals surface area contributed by atoms with Gasteiger partial charge in [-0.1, -0.05) is 83.1 Å². The first-order chi connectivity index (χ1) is 18.6. The zero-order valence-electron chi connectivity index (χ0n) is 28.1. The van der Waals surface area contributed by atoms with Gasteiger partial charge in [-0.05, 0) is 33.2 Å². The molecule has 0 bridgehead atoms. The third-order valence-electron chi connectivity index (χ3n) is 9.27. The van der Waals surface area contributed by atoms with Gasteiger partial charge in [-0.2, -0.15) is 15.0 Å². The van der Waals surface area contributed by atoms with Crippen molar-refractivity contribution >= 4 is 34.5 Å². The van der Waals surface area contributed by atoms with Gasteiger partial charge in [-0.3, -0.25) is 0 Å². The Bertz CT molecular complexity index is 865. The molecule has 1 aromatic rings. The van der Waals surface area contributed by atoms with E-state index in [0.717, 1.165) is 6.42 Å². The number of nitrogens with zero attached hydrogens (tertiary/aromatic N) is 4. The Balaban J connectivity index is 2.48. The summed E-state index contributed by atoms with van der Waals surface area (Å²) in [5, 5.41) is 6.08. The molecule has 0 spiro atoms. The second-order valence-electron chi connectivity index (χ2n) is 13.4. The summed E-state index contributed by atoms with van der Waals surface area (Å²) in [6.07, 6.45) is 0.286. The van der Waals surface area contributed by atoms with E-state index in [2.05, 4.69) is 109 Å². The Morgan fingerprint density at radius 1 is 0.750 bits per heavy atom. The average Bonchev–Trinajstić information content (AvgIpc) is 3.27. The summed E-state index contributed by atoms with van der Waals surface area (Å²) in [7, 11) is 1.39. The van der Waals surface area contributed by atoms with Crippen molar-refractivity contribution in [1.29, 1.82) is 0 Å². The second kappa shape index (κ2) is 14.3. The molecule has 9 nitrogen and oxygen atoms in total. The van der Waals surface area contributed by atoms with Crippen LogP contribution in [-0.2, 0) is 13.6 Å². The lowest BCUT2D eigenvalue weighted by Gasteiger charge is -2.45. The molecule has 1 fully saturated rings. The van der Waals surface area contributed by atoms with Gasteiger partial charge in [0.05, 0.1) is 12.7 Å². The van der Waals surface area contributed by atoms with Gasteiger partial charge in [-0.15, -0.1) is 0 Å². The van der Waals surface area contributed by atoms with E-state index in [0.29, 0.717) is 57.7 Å². The van der Waals surface area contributed by atoms with Gasteiger partial charge < -0.3 is 29.1 Å². The maximum Gasteiger partial charge on any atom is 0.233 e. The van der Waals surface area contributed by atoms with Gasteiger partial charge in [0.2, 0.25) is 26.2 Å². The van der Waals surface area contributed by atoms with Crippen LogP contribution in [0.1, 0.15) is 89.5 Å². The molecule has 0 amide bonds. The molecule has 3 atom stereocenters. The quantitative estimate of drug-likeness (QED) is 0.203. The molecule has 1 aliphatic rings. The fourth-order valence-corrected chi connectivity index (χ4v) is 18.5. The monoisotopic (exact) mass is 596 g/mol. The highest BCUT2D eigenvalue weighted by atomic mass is 28.4. The van der Waals surface area contributed by atoms with Crippen molar-refractivity contribution in [3.63, 3.8) is 0 Å². The van der Waals surface area contributed by atoms with Crippen molar-refractivity contribution in [1.82, 2.24) is 15.0 Å². The predicted octanol–water partition coefficient (Wildman–Crippen LogP) is 7.26. The lowest BCUT2D eigenvalue weighted by molar-refractivity contribution is -0.0169. The third-order valence-corrected chi connectivity index (χ3v) is 21.5. The predicted molar refractivity (Wildman–Crippen MR) is 174 cm³/mol. The van der Waals surface area contributed by atoms with Crippen LogP contribution >= 0.6 is 0 Å². The molecule has 0 unspecified atom stereocenters. The van der Waals surface area contributed by atoms with Crippen LogP contribution < -0.4 is 15.5 Å². The minimum absolute atomic E-state index is 0.0566. The van der Waals surface area contributed by atoms with E-state index in [1.807, 2.05) is 26.0 Å². The molecule has 232 valence electrons. The van der Waals surface area contributed by atoms with E-state index in [1.54, 1.807) is 0 Å². The van der Waals surface area contributed by atoms with Crippen LogP contribution in [0.4, 0.5) is 17.8 Å². The minimum Gasteiger partial charge on any atom is -0.413 e. The zero-order valence-corrected chi connectivity index (χ0v) is 30.1. The van der Waals surface area contributed by atoms with Crippen LogP contribution in [0.3, 0.4) is 0 Å². The fraction of sp³-hybridized carbons (Fsp3) is 0.897. The maximum absolute atomic E-state index is 7.39. The molecule has 11 heteroatoms. The molecule has 0 aromatic carbocycles. The van der Waals surface area contributed by atoms with Crippen LogP contribution in [0.25, 0.3) is 0 Å². The molecule has 40 heavy (non-hydrogen) atoms. The van der Waals surface area contributed by atoms with E-state index in [1.165, 1.54) is 0 Å². The van der Waals surface area contributed by atoms with Gasteiger partial charge in [0.25, 0.3) is 0 Å². The Labute approximate surface area is 247 Å². The smallest absolute Gasteiger partial charge is 0.233 e. The number of ether oxygens (including phenoxy) is 1. The summed E-state index contributed by atoms with van der Waals surface area (Å²) in [6.45, 7) is 28.6. The van der Waals surface area contributed by atoms with E-state index >= 15 is 0 Å². The third kappa shape index (κ3) is 7.02. The van der Waals surface area contributed by atoms with Crippen LogP contribution in [0.2, 0.25) is 33.2 Å². The Morgan fingerprint density at radius 2 is 1.18 bits per heavy atom. The van der Waals surface area contributed by atoms with Crippen LogP contribution in [0, 0.1) is 0 Å². The number of nitrogens with one attached hydrogen (secondary N) is 2. The lowest BCUT2D eigenvalue weighted by atomic mass is 10.2. The number of hydrogen-bond acceptors (Lipinski definition) is 9. The molecule has 1 saturated heterocycles. The lowest BCUT2D eigenvalue weighted by Crippen LogP contribution is -2.53. The first kappa shape index (κ1) is 34.9. The molecular formula is C29H60N6O3Si2. The van der Waals surface area contributed by atoms with Crippen molar-refractivity contribution < 1.29 is 13.6 Å². The highest BCUT2D eigenvalue weighted by molar-refractivity contribution is 6.78. The SMILES string of the molecule is CNc1nc(NC)nc(N(C)[C@H]2C[C@H](O[Si](C(C)C)(C(C)C)C(C)C)[C@@H](CO[Si](C(C)C)(C(C)C)C(C)C)O2)n1. The standard InChI is InChI=1S/C29H60N6O3Si2/c1-18(2)39(19(3)4,20(5)6)36-17-25-24(38-40(21(7)8,22(9)10)23(11)12)16-26(37-25)35(15)29-33-27(30-13)32-28(31-14)34-29/h18-26H,16-17H2,1-15H3,(H2,30,31,32,33,34)/t24-,25+,26+/m0/s1. The topological polar surface area (TPSA) is 93.7 Å². The number of aromatic nitrogens is 3. The largest absolute Gasteiger partial charge is 0.413 e. The van der Waals surface area contributed by atoms with E-state index in [4.69, 9.17) is 13.6 Å². The first-order valence-corrected chi connectivity index (χ1v) is 19.7. The van der Waals surface area contributed by atoms with Crippen LogP contribution in [0.5, 0.6) is 0 Å². The van der Waals surface area contributed by atoms with Crippen LogP contribution in [-0.4, -0.2) is 77.8 Å². The van der Waals surface area contributed by atoms with E-state index < -0.39 is 16.6 Å². The Hall–Kier alpha value is -1.28. The van der Waals surface area contributed by atoms with E-state index in [-0.39, 0.29) is 18.4 Å². The minimum atomic E-state index is -2.15. The summed E-state index contributed by atoms with van der Waals surface area (Å²) in [4.78, 5) is 15.6. The molecular weight excluding hydrogens is 537 g/mol. The number of hydrogen-bond donors (Lipinski definition) is 2. The van der Waals surface area contributed by atoms with E-state index in [9.17, 15) is 0 Å². The summed E-state index contributed by atoms with van der Waals surface area (Å²) in [5.74, 6) is 1.59. The molecule has 2 rings (SSSR count). The van der Waals surface area contributed by atoms with Gasteiger partial charge in [0.15, 0.2) is 8.32 Å². The van der Waals surface area contributed by atoms with Crippen molar-refractivity contribution in [2.24, 2.45) is 0 Å². The normalized spacial score (nSPS) is 20.6. The molecule has 1 aliphatic heterocycles. The maximum atomic E-state index is 7.39. The van der Waals surface area contributed by atoms with Gasteiger partial charge in [-0.25, -0.2) is 0 Å². The fourth-order valence-electron chi connectivity index (χ4n) is 7.49. The highest BCUT2D eigenvalue weighted by Gasteiger charge is 2.52. The Morgan fingerprint density at radius 3 is 1.55 bits per heavy atom. The van der Waals surface area contributed by atoms with Gasteiger partial charge in [0.1, 0.15) is 12.3 Å². The van der Waals surface area contributed by atoms with Crippen molar-refractivity contribution in [2.75, 3.05) is 43.3 Å². The highest BCUT2D eigenvalue weighted by Crippen LogP contribution is 2.46. The Kier molecular flexibility index (Phi) is 12.5. The molecule has 2 N–H and O–H groups in total. The van der Waals surface area contributed by atoms with Crippen LogP contribution in [0.15, 0.2) is 0 Å². The summed E-state index contributed by atoms with van der Waals surface area (Å²) in [6, 6.07) is 0. The molecule has 0 radical (unpaired) electrons. The average molecular weight is 597 g/mol. The molecule has 2 heterocycles. The first-order valence-electron chi connectivity index (χ1n) is 15.4. The van der Waals surface area contributed by atoms with Crippen molar-refractivity contribution in [2.45, 2.75) is 141 Å². The number of anilines is 3. The molecule has 0 saturated carbocycles. The summed E-state index contributed by atoms with van der Waals surface area (Å²) >= 11 is 0. The second-order valence-corrected chi connectivity index (χ2v) is 24.2. The van der Waals surface area contributed by atoms with Gasteiger partial charge >= 0.3 is 0 Å². The van der Waals surface area contributed by atoms with Crippen molar-refractivity contribution in [3.05, 3.63) is 0 Å².